The van der Waals surface area contributed by atoms with Gasteiger partial charge >= 0.3 is 0 Å². The van der Waals surface area contributed by atoms with E-state index in [0.717, 1.165) is 5.56 Å². The van der Waals surface area contributed by atoms with Crippen molar-refractivity contribution in [2.75, 3.05) is 11.9 Å². The van der Waals surface area contributed by atoms with Crippen LogP contribution in [0.15, 0.2) is 25.0 Å². The molecule has 0 aromatic carbocycles. The van der Waals surface area contributed by atoms with Crippen LogP contribution in [-0.4, -0.2) is 72.8 Å². The summed E-state index contributed by atoms with van der Waals surface area (Å²) in [6.45, 7) is 0.169. The van der Waals surface area contributed by atoms with Gasteiger partial charge in [0, 0.05) is 31.9 Å². The van der Waals surface area contributed by atoms with E-state index in [0.29, 0.717) is 23.5 Å². The molecule has 0 bridgehead atoms. The van der Waals surface area contributed by atoms with E-state index in [4.69, 9.17) is 9.88 Å². The van der Waals surface area contributed by atoms with Gasteiger partial charge in [0.15, 0.2) is 23.2 Å². The minimum atomic E-state index is -3.97. The highest BCUT2D eigenvalue weighted by atomic mass is 32.2. The minimum Gasteiger partial charge on any atom is -0.387 e. The smallest absolute Gasteiger partial charge is 0.274 e. The molecule has 0 spiro atoms. The summed E-state index contributed by atoms with van der Waals surface area (Å²) in [5.74, 6) is 0.475. The van der Waals surface area contributed by atoms with E-state index >= 15 is 0 Å². The first-order valence-corrected chi connectivity index (χ1v) is 10.5. The third-order valence-corrected chi connectivity index (χ3v) is 5.24. The number of imidazole rings is 1. The SMILES string of the molecule is Cn1cc(CNc2ncnc3c2ncn3[C@@H]2O[C@H](CNS(N)(=O)=O)[C@@H](O)[C@H]2O)cn1. The Morgan fingerprint density at radius 2 is 2.07 bits per heavy atom. The van der Waals surface area contributed by atoms with Crippen LogP contribution in [0.25, 0.3) is 11.2 Å². The van der Waals surface area contributed by atoms with Crippen molar-refractivity contribution in [3.05, 3.63) is 30.6 Å². The molecule has 4 atom stereocenters. The van der Waals surface area contributed by atoms with E-state index in [1.165, 1.54) is 17.2 Å². The van der Waals surface area contributed by atoms with Crippen molar-refractivity contribution in [3.8, 4) is 0 Å². The van der Waals surface area contributed by atoms with E-state index < -0.39 is 34.7 Å². The van der Waals surface area contributed by atoms with Gasteiger partial charge in [-0.1, -0.05) is 0 Å². The number of aryl methyl sites for hydroxylation is 1. The van der Waals surface area contributed by atoms with Crippen LogP contribution < -0.4 is 15.2 Å². The number of hydrogen-bond donors (Lipinski definition) is 5. The summed E-state index contributed by atoms with van der Waals surface area (Å²) in [7, 11) is -2.15. The number of nitrogens with two attached hydrogens (primary N) is 1. The number of nitrogens with zero attached hydrogens (tertiary/aromatic N) is 6. The molecule has 1 fully saturated rings. The second kappa shape index (κ2) is 7.86. The number of anilines is 1. The van der Waals surface area contributed by atoms with Crippen LogP contribution in [0.3, 0.4) is 0 Å². The molecule has 4 heterocycles. The zero-order valence-electron chi connectivity index (χ0n) is 15.8. The first kappa shape index (κ1) is 20.6. The van der Waals surface area contributed by atoms with Crippen molar-refractivity contribution < 1.29 is 23.4 Å². The lowest BCUT2D eigenvalue weighted by atomic mass is 10.1. The molecule has 0 aliphatic carbocycles. The molecule has 0 saturated carbocycles. The number of rotatable bonds is 7. The van der Waals surface area contributed by atoms with Crippen LogP contribution in [0, 0.1) is 0 Å². The summed E-state index contributed by atoms with van der Waals surface area (Å²) in [6.07, 6.45) is 1.62. The summed E-state index contributed by atoms with van der Waals surface area (Å²) in [6, 6.07) is 0. The lowest BCUT2D eigenvalue weighted by Crippen LogP contribution is -2.42. The number of hydrogen-bond acceptors (Lipinski definition) is 10. The van der Waals surface area contributed by atoms with Crippen molar-refractivity contribution >= 4 is 27.2 Å². The third kappa shape index (κ3) is 4.11. The fourth-order valence-electron chi connectivity index (χ4n) is 3.24. The maximum absolute atomic E-state index is 11.1. The van der Waals surface area contributed by atoms with Gasteiger partial charge in [0.1, 0.15) is 24.6 Å². The summed E-state index contributed by atoms with van der Waals surface area (Å²) in [5, 5.41) is 32.8. The maximum Gasteiger partial charge on any atom is 0.274 e. The highest BCUT2D eigenvalue weighted by Gasteiger charge is 2.44. The normalized spacial score (nSPS) is 24.5. The van der Waals surface area contributed by atoms with Gasteiger partial charge < -0.3 is 20.3 Å². The lowest BCUT2D eigenvalue weighted by molar-refractivity contribution is -0.0330. The van der Waals surface area contributed by atoms with Gasteiger partial charge in [-0.05, 0) is 0 Å². The average molecular weight is 439 g/mol. The van der Waals surface area contributed by atoms with Crippen molar-refractivity contribution in [1.29, 1.82) is 0 Å². The van der Waals surface area contributed by atoms with Crippen LogP contribution >= 0.6 is 0 Å². The predicted octanol–water partition coefficient (Wildman–Crippen LogP) is -2.42. The molecule has 0 radical (unpaired) electrons. The summed E-state index contributed by atoms with van der Waals surface area (Å²) >= 11 is 0. The summed E-state index contributed by atoms with van der Waals surface area (Å²) in [5.41, 5.74) is 1.76. The van der Waals surface area contributed by atoms with Gasteiger partial charge in [-0.2, -0.15) is 18.2 Å². The van der Waals surface area contributed by atoms with Gasteiger partial charge in [0.25, 0.3) is 10.2 Å². The molecule has 162 valence electrons. The molecule has 30 heavy (non-hydrogen) atoms. The number of aliphatic hydroxyl groups excluding tert-OH is 2. The van der Waals surface area contributed by atoms with Gasteiger partial charge in [0.05, 0.1) is 12.5 Å². The van der Waals surface area contributed by atoms with Crippen LogP contribution in [0.1, 0.15) is 11.8 Å². The Morgan fingerprint density at radius 1 is 1.27 bits per heavy atom. The maximum atomic E-state index is 11.1. The first-order valence-electron chi connectivity index (χ1n) is 8.91. The Hall–Kier alpha value is -2.69. The molecule has 15 heteroatoms. The number of ether oxygens (including phenoxy) is 1. The average Bonchev–Trinajstić information content (AvgIpc) is 3.37. The highest BCUT2D eigenvalue weighted by Crippen LogP contribution is 2.32. The zero-order valence-corrected chi connectivity index (χ0v) is 16.6. The quantitative estimate of drug-likeness (QED) is 0.264. The number of nitrogens with one attached hydrogen (secondary N) is 2. The van der Waals surface area contributed by atoms with E-state index in [2.05, 4.69) is 25.4 Å². The van der Waals surface area contributed by atoms with Gasteiger partial charge in [-0.25, -0.2) is 20.1 Å². The van der Waals surface area contributed by atoms with Crippen LogP contribution in [0.4, 0.5) is 5.82 Å². The zero-order chi connectivity index (χ0) is 21.5. The summed E-state index contributed by atoms with van der Waals surface area (Å²) < 4.78 is 33.0. The Morgan fingerprint density at radius 3 is 2.77 bits per heavy atom. The molecule has 0 unspecified atom stereocenters. The Balaban J connectivity index is 1.54. The van der Waals surface area contributed by atoms with E-state index in [1.807, 2.05) is 18.0 Å². The molecular formula is C15H21N9O5S. The minimum absolute atomic E-state index is 0.299. The van der Waals surface area contributed by atoms with Crippen LogP contribution in [0.2, 0.25) is 0 Å². The van der Waals surface area contributed by atoms with Crippen molar-refractivity contribution in [2.45, 2.75) is 31.1 Å². The molecule has 3 aromatic rings. The largest absolute Gasteiger partial charge is 0.387 e. The predicted molar refractivity (Wildman–Crippen MR) is 103 cm³/mol. The van der Waals surface area contributed by atoms with Crippen molar-refractivity contribution in [1.82, 2.24) is 34.0 Å². The highest BCUT2D eigenvalue weighted by molar-refractivity contribution is 7.87. The van der Waals surface area contributed by atoms with Crippen LogP contribution in [0.5, 0.6) is 0 Å². The first-order chi connectivity index (χ1) is 14.2. The van der Waals surface area contributed by atoms with Crippen LogP contribution in [-0.2, 0) is 28.5 Å². The molecular weight excluding hydrogens is 418 g/mol. The molecule has 14 nitrogen and oxygen atoms in total. The second-order valence-corrected chi connectivity index (χ2v) is 8.24. The molecule has 3 aromatic heterocycles. The van der Waals surface area contributed by atoms with Gasteiger partial charge in [-0.15, -0.1) is 0 Å². The Labute approximate surface area is 170 Å². The lowest BCUT2D eigenvalue weighted by Gasteiger charge is -2.16. The molecule has 1 saturated heterocycles. The standard InChI is InChI=1S/C15H21N9O5S/c1-23-5-8(3-21-23)2-17-13-10-14(19-6-18-13)24(7-20-10)15-12(26)11(25)9(29-15)4-22-30(16,27)28/h3,5-7,9,11-12,15,22,25-26H,2,4H2,1H3,(H2,16,27,28)(H,17,18,19)/t9-,11-,12-,15-/m1/s1. The van der Waals surface area contributed by atoms with E-state index in [9.17, 15) is 18.6 Å². The van der Waals surface area contributed by atoms with Crippen molar-refractivity contribution in [2.24, 2.45) is 12.2 Å². The van der Waals surface area contributed by atoms with E-state index in [1.54, 1.807) is 10.9 Å². The monoisotopic (exact) mass is 439 g/mol. The molecule has 4 rings (SSSR count). The Kier molecular flexibility index (Phi) is 5.39. The number of fused-ring (bicyclic) bond motifs is 1. The molecule has 0 amide bonds. The number of aromatic nitrogens is 6. The fourth-order valence-corrected chi connectivity index (χ4v) is 3.64. The molecule has 6 N–H and O–H groups in total. The summed E-state index contributed by atoms with van der Waals surface area (Å²) in [4.78, 5) is 12.7. The number of aliphatic hydroxyl groups is 2. The molecule has 1 aliphatic heterocycles. The Bertz CT molecular complexity index is 1150. The van der Waals surface area contributed by atoms with E-state index in [-0.39, 0.29) is 6.54 Å². The fraction of sp³-hybridized carbons (Fsp3) is 0.467. The van der Waals surface area contributed by atoms with Crippen molar-refractivity contribution in [3.63, 3.8) is 0 Å². The van der Waals surface area contributed by atoms with Gasteiger partial charge in [-0.3, -0.25) is 9.25 Å². The second-order valence-electron chi connectivity index (χ2n) is 6.86. The van der Waals surface area contributed by atoms with Gasteiger partial charge in [0.2, 0.25) is 0 Å². The molecule has 1 aliphatic rings. The topological polar surface area (TPSA) is 195 Å². The third-order valence-electron chi connectivity index (χ3n) is 4.67.